The number of aromatic hydroxyl groups is 1. The first kappa shape index (κ1) is 18.5. The lowest BCUT2D eigenvalue weighted by molar-refractivity contribution is 0.196. The highest BCUT2D eigenvalue weighted by Crippen LogP contribution is 2.35. The molecular weight excluding hydrogens is 357 g/mol. The van der Waals surface area contributed by atoms with E-state index in [0.29, 0.717) is 12.3 Å². The van der Waals surface area contributed by atoms with Gasteiger partial charge in [0.15, 0.2) is 11.5 Å². The quantitative estimate of drug-likeness (QED) is 0.691. The third-order valence-electron chi connectivity index (χ3n) is 5.41. The number of hydrogen-bond donors (Lipinski definition) is 2. The van der Waals surface area contributed by atoms with Crippen LogP contribution < -0.4 is 4.74 Å². The number of methoxy groups -OCH3 is 1. The second kappa shape index (κ2) is 8.02. The average molecular weight is 381 g/mol. The number of ether oxygens (including phenoxy) is 1. The van der Waals surface area contributed by atoms with Crippen LogP contribution in [0.15, 0.2) is 48.7 Å². The second-order valence-corrected chi connectivity index (χ2v) is 7.25. The van der Waals surface area contributed by atoms with Crippen LogP contribution in [-0.2, 0) is 6.54 Å². The standard InChI is InChI=1S/C22H24FN3O2/c1-28-20-9-3-6-17(22(20)27)14-26-10-4-7-16(13-26)21-19(12-24-25-21)15-5-2-8-18(23)11-15/h2-3,5-6,8-9,11-12,16,27H,4,7,10,13-14H2,1H3,(H,24,25). The zero-order valence-electron chi connectivity index (χ0n) is 15.9. The number of para-hydroxylation sites is 1. The summed E-state index contributed by atoms with van der Waals surface area (Å²) in [6.07, 6.45) is 3.87. The van der Waals surface area contributed by atoms with Crippen molar-refractivity contribution in [3.63, 3.8) is 0 Å². The van der Waals surface area contributed by atoms with Crippen LogP contribution in [0, 0.1) is 5.82 Å². The molecule has 146 valence electrons. The van der Waals surface area contributed by atoms with Crippen molar-refractivity contribution in [1.82, 2.24) is 15.1 Å². The van der Waals surface area contributed by atoms with Crippen molar-refractivity contribution in [3.05, 3.63) is 65.7 Å². The van der Waals surface area contributed by atoms with Gasteiger partial charge >= 0.3 is 0 Å². The molecule has 28 heavy (non-hydrogen) atoms. The van der Waals surface area contributed by atoms with Crippen LogP contribution in [0.2, 0.25) is 0 Å². The zero-order chi connectivity index (χ0) is 19.5. The van der Waals surface area contributed by atoms with E-state index < -0.39 is 0 Å². The first-order valence-corrected chi connectivity index (χ1v) is 9.52. The number of benzene rings is 2. The third-order valence-corrected chi connectivity index (χ3v) is 5.41. The molecule has 4 rings (SSSR count). The Labute approximate surface area is 163 Å². The molecule has 0 saturated carbocycles. The Morgan fingerprint density at radius 2 is 2.14 bits per heavy atom. The monoisotopic (exact) mass is 381 g/mol. The van der Waals surface area contributed by atoms with Crippen LogP contribution >= 0.6 is 0 Å². The SMILES string of the molecule is COc1cccc(CN2CCCC(c3[nH]ncc3-c3cccc(F)c3)C2)c1O. The molecule has 5 nitrogen and oxygen atoms in total. The highest BCUT2D eigenvalue weighted by Gasteiger charge is 2.26. The van der Waals surface area contributed by atoms with Gasteiger partial charge < -0.3 is 9.84 Å². The van der Waals surface area contributed by atoms with Crippen LogP contribution in [0.4, 0.5) is 4.39 Å². The van der Waals surface area contributed by atoms with Crippen LogP contribution in [0.3, 0.4) is 0 Å². The van der Waals surface area contributed by atoms with Crippen LogP contribution in [0.1, 0.15) is 30.0 Å². The summed E-state index contributed by atoms with van der Waals surface area (Å²) in [6, 6.07) is 12.2. The highest BCUT2D eigenvalue weighted by molar-refractivity contribution is 5.65. The number of aromatic amines is 1. The zero-order valence-corrected chi connectivity index (χ0v) is 15.9. The fourth-order valence-electron chi connectivity index (χ4n) is 4.03. The number of halogens is 1. The number of phenols is 1. The summed E-state index contributed by atoms with van der Waals surface area (Å²) in [5.41, 5.74) is 3.70. The van der Waals surface area contributed by atoms with Crippen molar-refractivity contribution in [1.29, 1.82) is 0 Å². The van der Waals surface area contributed by atoms with E-state index >= 15 is 0 Å². The minimum Gasteiger partial charge on any atom is -0.504 e. The number of hydrogen-bond acceptors (Lipinski definition) is 4. The van der Waals surface area contributed by atoms with Gasteiger partial charge in [0.05, 0.1) is 13.3 Å². The predicted molar refractivity (Wildman–Crippen MR) is 106 cm³/mol. The van der Waals surface area contributed by atoms with Crippen LogP contribution in [0.5, 0.6) is 11.5 Å². The Kier molecular flexibility index (Phi) is 5.30. The Balaban J connectivity index is 1.53. The van der Waals surface area contributed by atoms with E-state index in [0.717, 1.165) is 48.3 Å². The smallest absolute Gasteiger partial charge is 0.162 e. The topological polar surface area (TPSA) is 61.4 Å². The van der Waals surface area contributed by atoms with Gasteiger partial charge in [-0.15, -0.1) is 0 Å². The first-order valence-electron chi connectivity index (χ1n) is 9.52. The summed E-state index contributed by atoms with van der Waals surface area (Å²) in [4.78, 5) is 2.33. The number of piperidine rings is 1. The molecule has 2 aromatic carbocycles. The summed E-state index contributed by atoms with van der Waals surface area (Å²) in [7, 11) is 1.56. The molecule has 1 saturated heterocycles. The second-order valence-electron chi connectivity index (χ2n) is 7.25. The molecule has 1 aliphatic heterocycles. The van der Waals surface area contributed by atoms with E-state index in [-0.39, 0.29) is 17.5 Å². The van der Waals surface area contributed by atoms with Crippen molar-refractivity contribution in [2.24, 2.45) is 0 Å². The number of nitrogens with one attached hydrogen (secondary N) is 1. The average Bonchev–Trinajstić information content (AvgIpc) is 3.20. The molecule has 3 aromatic rings. The summed E-state index contributed by atoms with van der Waals surface area (Å²) >= 11 is 0. The molecule has 1 aliphatic rings. The number of likely N-dealkylation sites (tertiary alicyclic amines) is 1. The first-order chi connectivity index (χ1) is 13.7. The van der Waals surface area contributed by atoms with Gasteiger partial charge in [0.2, 0.25) is 0 Å². The minimum absolute atomic E-state index is 0.203. The van der Waals surface area contributed by atoms with Crippen LogP contribution in [-0.4, -0.2) is 40.4 Å². The van der Waals surface area contributed by atoms with E-state index in [2.05, 4.69) is 15.1 Å². The largest absolute Gasteiger partial charge is 0.504 e. The third kappa shape index (κ3) is 3.73. The van der Waals surface area contributed by atoms with Gasteiger partial charge in [-0.25, -0.2) is 4.39 Å². The van der Waals surface area contributed by atoms with E-state index in [1.807, 2.05) is 18.2 Å². The fourth-order valence-corrected chi connectivity index (χ4v) is 4.03. The Bertz CT molecular complexity index is 956. The van der Waals surface area contributed by atoms with Crippen molar-refractivity contribution < 1.29 is 14.2 Å². The van der Waals surface area contributed by atoms with Gasteiger partial charge in [-0.3, -0.25) is 10.00 Å². The molecule has 0 spiro atoms. The minimum atomic E-state index is -0.247. The molecule has 0 radical (unpaired) electrons. The molecule has 2 N–H and O–H groups in total. The predicted octanol–water partition coefficient (Wildman–Crippen LogP) is 4.31. The molecule has 0 amide bonds. The normalized spacial score (nSPS) is 17.6. The van der Waals surface area contributed by atoms with Crippen molar-refractivity contribution in [2.75, 3.05) is 20.2 Å². The molecule has 0 aliphatic carbocycles. The van der Waals surface area contributed by atoms with E-state index in [1.54, 1.807) is 31.5 Å². The lowest BCUT2D eigenvalue weighted by Gasteiger charge is -2.33. The Morgan fingerprint density at radius 1 is 1.29 bits per heavy atom. The lowest BCUT2D eigenvalue weighted by Crippen LogP contribution is -2.34. The maximum absolute atomic E-state index is 13.7. The number of rotatable bonds is 5. The van der Waals surface area contributed by atoms with Gasteiger partial charge in [-0.2, -0.15) is 5.10 Å². The van der Waals surface area contributed by atoms with Gasteiger partial charge in [0.25, 0.3) is 0 Å². The van der Waals surface area contributed by atoms with E-state index in [9.17, 15) is 9.50 Å². The van der Waals surface area contributed by atoms with Gasteiger partial charge in [-0.05, 0) is 43.1 Å². The number of nitrogens with zero attached hydrogens (tertiary/aromatic N) is 2. The molecule has 2 heterocycles. The number of phenolic OH excluding ortho intramolecular Hbond substituents is 1. The van der Waals surface area contributed by atoms with Gasteiger partial charge in [-0.1, -0.05) is 24.3 Å². The van der Waals surface area contributed by atoms with E-state index in [1.165, 1.54) is 6.07 Å². The van der Waals surface area contributed by atoms with Gasteiger partial charge in [0.1, 0.15) is 5.82 Å². The summed E-state index contributed by atoms with van der Waals surface area (Å²) < 4.78 is 18.9. The van der Waals surface area contributed by atoms with Crippen molar-refractivity contribution in [3.8, 4) is 22.6 Å². The molecule has 0 bridgehead atoms. The molecule has 1 aromatic heterocycles. The molecular formula is C22H24FN3O2. The Morgan fingerprint density at radius 3 is 2.96 bits per heavy atom. The molecule has 6 heteroatoms. The summed E-state index contributed by atoms with van der Waals surface area (Å²) in [5, 5.41) is 17.8. The number of H-pyrrole nitrogens is 1. The van der Waals surface area contributed by atoms with E-state index in [4.69, 9.17) is 4.74 Å². The van der Waals surface area contributed by atoms with Crippen molar-refractivity contribution >= 4 is 0 Å². The molecule has 1 atom stereocenters. The van der Waals surface area contributed by atoms with Crippen LogP contribution in [0.25, 0.3) is 11.1 Å². The fraction of sp³-hybridized carbons (Fsp3) is 0.318. The van der Waals surface area contributed by atoms with Gasteiger partial charge in [0, 0.05) is 35.8 Å². The highest BCUT2D eigenvalue weighted by atomic mass is 19.1. The number of aromatic nitrogens is 2. The molecule has 1 unspecified atom stereocenters. The summed E-state index contributed by atoms with van der Waals surface area (Å²) in [6.45, 7) is 2.47. The summed E-state index contributed by atoms with van der Waals surface area (Å²) in [5.74, 6) is 0.729. The maximum atomic E-state index is 13.7. The molecule has 1 fully saturated rings. The Hall–Kier alpha value is -2.86. The van der Waals surface area contributed by atoms with Crippen molar-refractivity contribution in [2.45, 2.75) is 25.3 Å². The maximum Gasteiger partial charge on any atom is 0.162 e. The lowest BCUT2D eigenvalue weighted by atomic mass is 9.90.